The molecular weight excluding hydrogens is 245 g/mol. The predicted molar refractivity (Wildman–Crippen MR) is 70.9 cm³/mol. The summed E-state index contributed by atoms with van der Waals surface area (Å²) in [5.41, 5.74) is 7.14. The van der Waals surface area contributed by atoms with E-state index in [9.17, 15) is 4.39 Å². The summed E-state index contributed by atoms with van der Waals surface area (Å²) in [5, 5.41) is 3.97. The van der Waals surface area contributed by atoms with Gasteiger partial charge in [0.2, 0.25) is 0 Å². The first-order chi connectivity index (χ1) is 9.00. The predicted octanol–water partition coefficient (Wildman–Crippen LogP) is 3.16. The molecule has 0 spiro atoms. The zero-order chi connectivity index (χ0) is 14.0. The molecule has 0 atom stereocenters. The number of nitrogens with zero attached hydrogens (tertiary/aromatic N) is 2. The van der Waals surface area contributed by atoms with Crippen molar-refractivity contribution in [1.29, 1.82) is 0 Å². The summed E-state index contributed by atoms with van der Waals surface area (Å²) in [4.78, 5) is 4.36. The minimum Gasteiger partial charge on any atom is -0.334 e. The number of benzene rings is 1. The molecule has 0 aliphatic rings. The molecule has 0 saturated carbocycles. The molecule has 0 radical (unpaired) electrons. The minimum absolute atomic E-state index is 0.281. The molecule has 0 fully saturated rings. The van der Waals surface area contributed by atoms with Crippen LogP contribution in [0.3, 0.4) is 0 Å². The van der Waals surface area contributed by atoms with E-state index >= 15 is 0 Å². The summed E-state index contributed by atoms with van der Waals surface area (Å²) in [7, 11) is 0. The molecular formula is C14H18FN3O. The Bertz CT molecular complexity index is 576. The van der Waals surface area contributed by atoms with Crippen LogP contribution >= 0.6 is 0 Å². The summed E-state index contributed by atoms with van der Waals surface area (Å²) < 4.78 is 18.3. The van der Waals surface area contributed by atoms with Crippen LogP contribution in [0.2, 0.25) is 0 Å². The smallest absolute Gasteiger partial charge is 0.258 e. The number of halogens is 1. The number of hydrogen-bond donors (Lipinski definition) is 1. The van der Waals surface area contributed by atoms with Crippen LogP contribution in [-0.4, -0.2) is 10.1 Å². The van der Waals surface area contributed by atoms with Crippen molar-refractivity contribution in [1.82, 2.24) is 10.1 Å². The van der Waals surface area contributed by atoms with Crippen LogP contribution in [-0.2, 0) is 5.54 Å². The van der Waals surface area contributed by atoms with Crippen molar-refractivity contribution < 1.29 is 8.91 Å². The van der Waals surface area contributed by atoms with Gasteiger partial charge in [-0.25, -0.2) is 4.39 Å². The average Bonchev–Trinajstić information content (AvgIpc) is 2.88. The van der Waals surface area contributed by atoms with Gasteiger partial charge in [-0.3, -0.25) is 0 Å². The molecule has 19 heavy (non-hydrogen) atoms. The zero-order valence-corrected chi connectivity index (χ0v) is 11.4. The highest BCUT2D eigenvalue weighted by molar-refractivity contribution is 5.58. The molecule has 2 N–H and O–H groups in total. The Morgan fingerprint density at radius 2 is 2.00 bits per heavy atom. The Morgan fingerprint density at radius 3 is 2.58 bits per heavy atom. The summed E-state index contributed by atoms with van der Waals surface area (Å²) in [6, 6.07) is 4.45. The summed E-state index contributed by atoms with van der Waals surface area (Å²) in [6.07, 6.45) is 1.45. The maximum Gasteiger partial charge on any atom is 0.258 e. The van der Waals surface area contributed by atoms with Crippen molar-refractivity contribution in [3.63, 3.8) is 0 Å². The number of rotatable bonds is 4. The molecule has 102 valence electrons. The third kappa shape index (κ3) is 2.51. The lowest BCUT2D eigenvalue weighted by molar-refractivity contribution is 0.350. The van der Waals surface area contributed by atoms with Crippen LogP contribution in [0.4, 0.5) is 4.39 Å². The molecule has 1 aromatic carbocycles. The first kappa shape index (κ1) is 13.7. The second kappa shape index (κ2) is 5.09. The van der Waals surface area contributed by atoms with Gasteiger partial charge >= 0.3 is 0 Å². The SMILES string of the molecule is CCC(N)(CC)c1noc(-c2ccc(F)cc2C)n1. The fourth-order valence-electron chi connectivity index (χ4n) is 1.97. The van der Waals surface area contributed by atoms with E-state index in [1.807, 2.05) is 13.8 Å². The highest BCUT2D eigenvalue weighted by Gasteiger charge is 2.29. The molecule has 1 heterocycles. The first-order valence-corrected chi connectivity index (χ1v) is 6.39. The topological polar surface area (TPSA) is 64.9 Å². The zero-order valence-electron chi connectivity index (χ0n) is 11.4. The van der Waals surface area contributed by atoms with E-state index < -0.39 is 5.54 Å². The van der Waals surface area contributed by atoms with Crippen LogP contribution in [0, 0.1) is 12.7 Å². The quantitative estimate of drug-likeness (QED) is 0.920. The van der Waals surface area contributed by atoms with E-state index in [0.717, 1.165) is 24.0 Å². The van der Waals surface area contributed by atoms with E-state index in [1.54, 1.807) is 13.0 Å². The van der Waals surface area contributed by atoms with Gasteiger partial charge in [-0.05, 0) is 43.5 Å². The molecule has 0 amide bonds. The standard InChI is InChI=1S/C14H18FN3O/c1-4-14(16,5-2)13-17-12(19-18-13)11-7-6-10(15)8-9(11)3/h6-8H,4-5,16H2,1-3H3. The van der Waals surface area contributed by atoms with Gasteiger partial charge in [0.15, 0.2) is 5.82 Å². The maximum absolute atomic E-state index is 13.1. The van der Waals surface area contributed by atoms with Gasteiger partial charge in [-0.2, -0.15) is 4.98 Å². The van der Waals surface area contributed by atoms with E-state index in [2.05, 4.69) is 10.1 Å². The molecule has 4 nitrogen and oxygen atoms in total. The molecule has 2 rings (SSSR count). The van der Waals surface area contributed by atoms with E-state index in [0.29, 0.717) is 11.7 Å². The highest BCUT2D eigenvalue weighted by Crippen LogP contribution is 2.27. The van der Waals surface area contributed by atoms with Crippen molar-refractivity contribution in [2.75, 3.05) is 0 Å². The maximum atomic E-state index is 13.1. The molecule has 5 heteroatoms. The Hall–Kier alpha value is -1.75. The highest BCUT2D eigenvalue weighted by atomic mass is 19.1. The van der Waals surface area contributed by atoms with Gasteiger partial charge in [-0.1, -0.05) is 19.0 Å². The van der Waals surface area contributed by atoms with Crippen molar-refractivity contribution in [3.05, 3.63) is 35.4 Å². The lowest BCUT2D eigenvalue weighted by Crippen LogP contribution is -2.36. The molecule has 1 aromatic heterocycles. The largest absolute Gasteiger partial charge is 0.334 e. The monoisotopic (exact) mass is 263 g/mol. The fraction of sp³-hybridized carbons (Fsp3) is 0.429. The Labute approximate surface area is 111 Å². The van der Waals surface area contributed by atoms with Crippen LogP contribution in [0.1, 0.15) is 38.1 Å². The fourth-order valence-corrected chi connectivity index (χ4v) is 1.97. The number of aromatic nitrogens is 2. The lowest BCUT2D eigenvalue weighted by atomic mass is 9.93. The normalized spacial score (nSPS) is 11.8. The van der Waals surface area contributed by atoms with Crippen molar-refractivity contribution >= 4 is 0 Å². The molecule has 0 bridgehead atoms. The van der Waals surface area contributed by atoms with Crippen molar-refractivity contribution in [2.24, 2.45) is 5.73 Å². The summed E-state index contributed by atoms with van der Waals surface area (Å²) in [6.45, 7) is 5.78. The molecule has 0 aliphatic heterocycles. The molecule has 0 saturated heterocycles. The number of nitrogens with two attached hydrogens (primary N) is 1. The summed E-state index contributed by atoms with van der Waals surface area (Å²) in [5.74, 6) is 0.594. The van der Waals surface area contributed by atoms with Gasteiger partial charge in [0, 0.05) is 5.56 Å². The number of hydrogen-bond acceptors (Lipinski definition) is 4. The Balaban J connectivity index is 2.41. The third-order valence-corrected chi connectivity index (χ3v) is 3.55. The van der Waals surface area contributed by atoms with Crippen LogP contribution in [0.5, 0.6) is 0 Å². The number of aryl methyl sites for hydroxylation is 1. The van der Waals surface area contributed by atoms with Gasteiger partial charge in [0.05, 0.1) is 5.54 Å². The van der Waals surface area contributed by atoms with E-state index in [4.69, 9.17) is 10.3 Å². The first-order valence-electron chi connectivity index (χ1n) is 6.39. The Kier molecular flexibility index (Phi) is 3.66. The van der Waals surface area contributed by atoms with Gasteiger partial charge < -0.3 is 10.3 Å². The molecule has 2 aromatic rings. The van der Waals surface area contributed by atoms with Crippen LogP contribution in [0.15, 0.2) is 22.7 Å². The van der Waals surface area contributed by atoms with Crippen molar-refractivity contribution in [3.8, 4) is 11.5 Å². The second-order valence-corrected chi connectivity index (χ2v) is 4.75. The minimum atomic E-state index is -0.574. The van der Waals surface area contributed by atoms with Gasteiger partial charge in [0.1, 0.15) is 5.82 Å². The second-order valence-electron chi connectivity index (χ2n) is 4.75. The third-order valence-electron chi connectivity index (χ3n) is 3.55. The van der Waals surface area contributed by atoms with Crippen molar-refractivity contribution in [2.45, 2.75) is 39.2 Å². The van der Waals surface area contributed by atoms with Crippen LogP contribution in [0.25, 0.3) is 11.5 Å². The summed E-state index contributed by atoms with van der Waals surface area (Å²) >= 11 is 0. The molecule has 0 aliphatic carbocycles. The lowest BCUT2D eigenvalue weighted by Gasteiger charge is -2.21. The van der Waals surface area contributed by atoms with Gasteiger partial charge in [0.25, 0.3) is 5.89 Å². The molecule has 0 unspecified atom stereocenters. The van der Waals surface area contributed by atoms with E-state index in [-0.39, 0.29) is 5.82 Å². The Morgan fingerprint density at radius 1 is 1.32 bits per heavy atom. The average molecular weight is 263 g/mol. The van der Waals surface area contributed by atoms with Crippen LogP contribution < -0.4 is 5.73 Å². The van der Waals surface area contributed by atoms with Gasteiger partial charge in [-0.15, -0.1) is 0 Å². The van der Waals surface area contributed by atoms with E-state index in [1.165, 1.54) is 12.1 Å².